The molecule has 14 nitrogen and oxygen atoms in total. The zero-order valence-electron chi connectivity index (χ0n) is 20.7. The Kier molecular flexibility index (Phi) is 12.9. The van der Waals surface area contributed by atoms with E-state index < -0.39 is 75.1 Å². The Hall–Kier alpha value is -2.85. The van der Waals surface area contributed by atoms with Crippen LogP contribution in [0.4, 0.5) is 0 Å². The standard InChI is InChI=1S/C21H21O14.K/c1-29-14(22)9-8-21(19(27)34-6,20(28)35-7)13(18(26)33-5)12(17(25)32-4)11(16(24)31-3)10(9)15(23)30-2;/h1-7H3;/q-1;+1. The van der Waals surface area contributed by atoms with E-state index in [1.165, 1.54) is 0 Å². The smallest absolute Gasteiger partial charge is 0.523 e. The third-order valence-electron chi connectivity index (χ3n) is 4.62. The van der Waals surface area contributed by atoms with Crippen molar-refractivity contribution < 1.29 is 118 Å². The Morgan fingerprint density at radius 1 is 0.500 bits per heavy atom. The Balaban J connectivity index is 0.0000122. The minimum absolute atomic E-state index is 0. The first-order valence-electron chi connectivity index (χ1n) is 9.22. The second-order valence-electron chi connectivity index (χ2n) is 6.19. The molecule has 0 fully saturated rings. The maximum absolute atomic E-state index is 13.1. The minimum Gasteiger partial charge on any atom is -0.523 e. The second kappa shape index (κ2) is 14.0. The summed E-state index contributed by atoms with van der Waals surface area (Å²) in [6.45, 7) is 0. The zero-order chi connectivity index (χ0) is 27.1. The van der Waals surface area contributed by atoms with E-state index in [4.69, 9.17) is 0 Å². The number of carbonyl (C=O) groups is 7. The van der Waals surface area contributed by atoms with E-state index in [1.807, 2.05) is 0 Å². The maximum atomic E-state index is 13.1. The van der Waals surface area contributed by atoms with Gasteiger partial charge in [-0.3, -0.25) is 14.4 Å². The van der Waals surface area contributed by atoms with Crippen LogP contribution in [0.5, 0.6) is 0 Å². The average molecular weight is 536 g/mol. The maximum Gasteiger partial charge on any atom is 1.00 e. The van der Waals surface area contributed by atoms with Gasteiger partial charge in [0.1, 0.15) is 0 Å². The van der Waals surface area contributed by atoms with Crippen LogP contribution in [0.25, 0.3) is 0 Å². The van der Waals surface area contributed by atoms with E-state index >= 15 is 0 Å². The van der Waals surface area contributed by atoms with Gasteiger partial charge in [-0.1, -0.05) is 5.57 Å². The molecule has 0 aromatic rings. The monoisotopic (exact) mass is 536 g/mol. The molecular weight excluding hydrogens is 515 g/mol. The largest absolute Gasteiger partial charge is 1.00 e. The number of esters is 7. The first-order chi connectivity index (χ1) is 16.5. The quantitative estimate of drug-likeness (QED) is 0.0997. The predicted octanol–water partition coefficient (Wildman–Crippen LogP) is -4.48. The predicted molar refractivity (Wildman–Crippen MR) is 107 cm³/mol. The second-order valence-corrected chi connectivity index (χ2v) is 6.19. The van der Waals surface area contributed by atoms with Gasteiger partial charge in [-0.25, -0.2) is 14.4 Å². The first-order valence-corrected chi connectivity index (χ1v) is 9.22. The van der Waals surface area contributed by atoms with Crippen LogP contribution in [0.3, 0.4) is 0 Å². The van der Waals surface area contributed by atoms with Crippen molar-refractivity contribution >= 4 is 41.8 Å². The molecule has 1 aliphatic carbocycles. The summed E-state index contributed by atoms with van der Waals surface area (Å²) in [5.41, 5.74) is -8.84. The molecular formula is C21H21KO14. The fourth-order valence-electron chi connectivity index (χ4n) is 3.10. The third kappa shape index (κ3) is 5.75. The molecule has 15 heteroatoms. The van der Waals surface area contributed by atoms with E-state index in [0.29, 0.717) is 0 Å². The van der Waals surface area contributed by atoms with Crippen molar-refractivity contribution in [2.45, 2.75) is 0 Å². The number of carbonyl (C=O) groups excluding carboxylic acids is 7. The summed E-state index contributed by atoms with van der Waals surface area (Å²) >= 11 is 0. The molecule has 0 aliphatic heterocycles. The van der Waals surface area contributed by atoms with Crippen molar-refractivity contribution in [3.05, 3.63) is 33.9 Å². The van der Waals surface area contributed by atoms with Gasteiger partial charge in [0.15, 0.2) is 5.41 Å². The minimum atomic E-state index is -3.21. The van der Waals surface area contributed by atoms with Crippen LogP contribution in [-0.2, 0) is 66.7 Å². The topological polar surface area (TPSA) is 184 Å². The van der Waals surface area contributed by atoms with Gasteiger partial charge in [0.25, 0.3) is 5.97 Å². The van der Waals surface area contributed by atoms with E-state index in [2.05, 4.69) is 39.2 Å². The Bertz CT molecular complexity index is 1060. The molecule has 190 valence electrons. The summed E-state index contributed by atoms with van der Waals surface area (Å²) in [5, 5.41) is 0. The van der Waals surface area contributed by atoms with Crippen LogP contribution < -0.4 is 51.4 Å². The van der Waals surface area contributed by atoms with Crippen molar-refractivity contribution in [3.8, 4) is 0 Å². The van der Waals surface area contributed by atoms with Crippen LogP contribution in [-0.4, -0.2) is 91.6 Å². The summed E-state index contributed by atoms with van der Waals surface area (Å²) in [6.07, 6.45) is 2.09. The zero-order valence-corrected chi connectivity index (χ0v) is 23.8. The summed E-state index contributed by atoms with van der Waals surface area (Å²) in [7, 11) is 5.74. The van der Waals surface area contributed by atoms with Crippen LogP contribution >= 0.6 is 0 Å². The normalized spacial score (nSPS) is 14.1. The van der Waals surface area contributed by atoms with Gasteiger partial charge in [-0.15, -0.1) is 0 Å². The molecule has 0 saturated carbocycles. The molecule has 0 aromatic carbocycles. The number of methoxy groups -OCH3 is 7. The first kappa shape index (κ1) is 33.1. The molecule has 36 heavy (non-hydrogen) atoms. The number of rotatable bonds is 7. The number of hydrogen-bond donors (Lipinski definition) is 0. The Morgan fingerprint density at radius 3 is 1.22 bits per heavy atom. The molecule has 0 aromatic heterocycles. The van der Waals surface area contributed by atoms with Crippen molar-refractivity contribution in [1.82, 2.24) is 0 Å². The Labute approximate surface area is 247 Å². The van der Waals surface area contributed by atoms with Gasteiger partial charge in [0, 0.05) is 5.57 Å². The van der Waals surface area contributed by atoms with Crippen molar-refractivity contribution in [1.29, 1.82) is 0 Å². The van der Waals surface area contributed by atoms with Gasteiger partial charge in [0.05, 0.1) is 60.9 Å². The molecule has 0 amide bonds. The Morgan fingerprint density at radius 2 is 0.861 bits per heavy atom. The van der Waals surface area contributed by atoms with Crippen LogP contribution in [0.2, 0.25) is 0 Å². The van der Waals surface area contributed by atoms with Crippen LogP contribution in [0, 0.1) is 11.5 Å². The van der Waals surface area contributed by atoms with Crippen LogP contribution in [0.1, 0.15) is 0 Å². The molecule has 0 N–H and O–H groups in total. The van der Waals surface area contributed by atoms with Crippen LogP contribution in [0.15, 0.2) is 27.9 Å². The fourth-order valence-corrected chi connectivity index (χ4v) is 3.10. The molecule has 0 spiro atoms. The summed E-state index contributed by atoms with van der Waals surface area (Å²) in [6, 6.07) is 0. The van der Waals surface area contributed by atoms with Gasteiger partial charge in [-0.05, 0) is 5.57 Å². The number of hydrogen-bond acceptors (Lipinski definition) is 14. The molecule has 1 rings (SSSR count). The molecule has 0 unspecified atom stereocenters. The summed E-state index contributed by atoms with van der Waals surface area (Å²) in [4.78, 5) is 90.5. The van der Waals surface area contributed by atoms with Crippen molar-refractivity contribution in [2.75, 3.05) is 49.8 Å². The molecule has 0 atom stereocenters. The van der Waals surface area contributed by atoms with E-state index in [-0.39, 0.29) is 51.4 Å². The van der Waals surface area contributed by atoms with E-state index in [9.17, 15) is 33.6 Å². The molecule has 0 saturated heterocycles. The van der Waals surface area contributed by atoms with Gasteiger partial charge >= 0.3 is 81.2 Å². The fraction of sp³-hybridized carbons (Fsp3) is 0.381. The van der Waals surface area contributed by atoms with Gasteiger partial charge in [0.2, 0.25) is 5.97 Å². The van der Waals surface area contributed by atoms with Crippen molar-refractivity contribution in [3.63, 3.8) is 0 Å². The third-order valence-corrected chi connectivity index (χ3v) is 4.62. The van der Waals surface area contributed by atoms with Gasteiger partial charge in [-0.2, -0.15) is 6.08 Å². The van der Waals surface area contributed by atoms with Gasteiger partial charge < -0.3 is 38.0 Å². The SMILES string of the molecule is COC(=O)C1=[C-]C(C(=O)OC)(C(=O)OC)C(C(=O)OC)=C(C(=O)OC)C(C(=O)OC)=C1C(=O)OC.[K+]. The van der Waals surface area contributed by atoms with E-state index in [0.717, 1.165) is 49.8 Å². The molecule has 1 aliphatic rings. The van der Waals surface area contributed by atoms with E-state index in [1.54, 1.807) is 0 Å². The number of ether oxygens (including phenoxy) is 7. The summed E-state index contributed by atoms with van der Waals surface area (Å²) in [5.74, 6) is -10.7. The summed E-state index contributed by atoms with van der Waals surface area (Å²) < 4.78 is 32.5. The van der Waals surface area contributed by atoms with Crippen molar-refractivity contribution in [2.24, 2.45) is 5.41 Å². The molecule has 0 bridgehead atoms. The average Bonchev–Trinajstić information content (AvgIpc) is 3.03. The molecule has 0 heterocycles. The molecule has 0 radical (unpaired) electrons.